The number of rotatable bonds is 6. The molecule has 2 aromatic carbocycles. The maximum absolute atomic E-state index is 13.2. The van der Waals surface area contributed by atoms with E-state index in [1.807, 2.05) is 6.07 Å². The van der Waals surface area contributed by atoms with E-state index in [1.165, 1.54) is 10.6 Å². The molecule has 0 fully saturated rings. The van der Waals surface area contributed by atoms with Crippen molar-refractivity contribution >= 4 is 40.9 Å². The molecular weight excluding hydrogens is 512 g/mol. The van der Waals surface area contributed by atoms with E-state index >= 15 is 0 Å². The third kappa shape index (κ3) is 6.96. The van der Waals surface area contributed by atoms with Crippen LogP contribution in [0.25, 0.3) is 11.7 Å². The maximum Gasteiger partial charge on any atom is 0.300 e. The first-order valence-electron chi connectivity index (χ1n) is 10.9. The zero-order valence-electron chi connectivity index (χ0n) is 20.2. The van der Waals surface area contributed by atoms with E-state index < -0.39 is 17.4 Å². The molecule has 4 rings (SSSR count). The summed E-state index contributed by atoms with van der Waals surface area (Å²) in [5.74, 6) is -0.605. The van der Waals surface area contributed by atoms with Crippen LogP contribution in [0.4, 0.5) is 5.69 Å². The third-order valence-corrected chi connectivity index (χ3v) is 5.11. The lowest BCUT2D eigenvalue weighted by molar-refractivity contribution is -0.134. The number of nitrogens with one attached hydrogen (secondary N) is 1. The van der Waals surface area contributed by atoms with E-state index in [9.17, 15) is 14.9 Å². The molecule has 0 aliphatic heterocycles. The largest absolute Gasteiger partial charge is 0.497 e. The summed E-state index contributed by atoms with van der Waals surface area (Å²) in [5, 5.41) is 20.0. The summed E-state index contributed by atoms with van der Waals surface area (Å²) in [5.41, 5.74) is -0.224. The fourth-order valence-corrected chi connectivity index (χ4v) is 3.27. The van der Waals surface area contributed by atoms with Gasteiger partial charge in [0.05, 0.1) is 17.8 Å². The van der Waals surface area contributed by atoms with Gasteiger partial charge in [0.15, 0.2) is 0 Å². The summed E-state index contributed by atoms with van der Waals surface area (Å²) in [6.45, 7) is 1.08. The second-order valence-electron chi connectivity index (χ2n) is 7.47. The number of aliphatic carboxylic acids is 1. The number of nitriles is 1. The number of methoxy groups -OCH3 is 1. The van der Waals surface area contributed by atoms with Crippen molar-refractivity contribution in [3.8, 4) is 23.4 Å². The number of anilines is 1. The fourth-order valence-electron chi connectivity index (χ4n) is 3.08. The standard InChI is InChI=1S/C25H17ClN4O4.C2H4O2/c1-33-17-9-11-18(12-10-17)34-24-19(25(32)30-13-5-4-8-22(30)29-24)14-16(15-27)23(31)28-21-7-3-2-6-20(21)26;1-2(3)4/h2-14H,1H3,(H,28,31);1H3,(H,3,4). The first-order chi connectivity index (χ1) is 18.2. The third-order valence-electron chi connectivity index (χ3n) is 4.78. The lowest BCUT2D eigenvalue weighted by Crippen LogP contribution is -2.20. The molecule has 0 aliphatic rings. The van der Waals surface area contributed by atoms with E-state index in [4.69, 9.17) is 31.0 Å². The van der Waals surface area contributed by atoms with Crippen LogP contribution in [-0.2, 0) is 9.59 Å². The van der Waals surface area contributed by atoms with E-state index in [1.54, 1.807) is 73.8 Å². The quantitative estimate of drug-likeness (QED) is 0.266. The molecule has 0 radical (unpaired) electrons. The lowest BCUT2D eigenvalue weighted by Gasteiger charge is -2.11. The molecule has 2 heterocycles. The van der Waals surface area contributed by atoms with Crippen LogP contribution in [-0.4, -0.2) is 33.5 Å². The molecule has 0 bridgehead atoms. The Labute approximate surface area is 222 Å². The van der Waals surface area contributed by atoms with Crippen molar-refractivity contribution in [2.24, 2.45) is 0 Å². The predicted molar refractivity (Wildman–Crippen MR) is 142 cm³/mol. The number of pyridine rings is 1. The Morgan fingerprint density at radius 3 is 2.34 bits per heavy atom. The molecule has 0 spiro atoms. The normalized spacial score (nSPS) is 10.5. The summed E-state index contributed by atoms with van der Waals surface area (Å²) in [6, 6.07) is 20.2. The van der Waals surface area contributed by atoms with Gasteiger partial charge in [0.2, 0.25) is 5.88 Å². The molecule has 192 valence electrons. The fraction of sp³-hybridized carbons (Fsp3) is 0.0741. The van der Waals surface area contributed by atoms with Crippen LogP contribution >= 0.6 is 11.6 Å². The van der Waals surface area contributed by atoms with E-state index in [0.717, 1.165) is 13.0 Å². The number of aromatic nitrogens is 2. The highest BCUT2D eigenvalue weighted by molar-refractivity contribution is 6.34. The van der Waals surface area contributed by atoms with Crippen molar-refractivity contribution < 1.29 is 24.2 Å². The van der Waals surface area contributed by atoms with E-state index in [2.05, 4.69) is 10.3 Å². The number of benzene rings is 2. The Bertz CT molecular complexity index is 1600. The molecule has 0 saturated carbocycles. The molecule has 0 atom stereocenters. The summed E-state index contributed by atoms with van der Waals surface area (Å²) >= 11 is 6.09. The number of carboxylic acids is 1. The van der Waals surface area contributed by atoms with Gasteiger partial charge in [-0.1, -0.05) is 29.8 Å². The number of hydrogen-bond donors (Lipinski definition) is 2. The van der Waals surface area contributed by atoms with Crippen molar-refractivity contribution in [1.82, 2.24) is 9.38 Å². The van der Waals surface area contributed by atoms with Gasteiger partial charge in [-0.15, -0.1) is 0 Å². The van der Waals surface area contributed by atoms with Crippen LogP contribution in [0.1, 0.15) is 12.5 Å². The topological polar surface area (TPSA) is 143 Å². The number of hydrogen-bond acceptors (Lipinski definition) is 7. The lowest BCUT2D eigenvalue weighted by atomic mass is 10.1. The van der Waals surface area contributed by atoms with E-state index in [0.29, 0.717) is 27.9 Å². The number of ether oxygens (including phenoxy) is 2. The average molecular weight is 533 g/mol. The molecule has 1 amide bonds. The van der Waals surface area contributed by atoms with Crippen LogP contribution in [0.3, 0.4) is 0 Å². The summed E-state index contributed by atoms with van der Waals surface area (Å²) in [7, 11) is 1.54. The van der Waals surface area contributed by atoms with Crippen molar-refractivity contribution in [2.75, 3.05) is 12.4 Å². The maximum atomic E-state index is 13.2. The molecule has 38 heavy (non-hydrogen) atoms. The minimum atomic E-state index is -0.833. The van der Waals surface area contributed by atoms with Gasteiger partial charge in [0, 0.05) is 13.1 Å². The summed E-state index contributed by atoms with van der Waals surface area (Å²) in [6.07, 6.45) is 2.69. The van der Waals surface area contributed by atoms with Gasteiger partial charge in [0.1, 0.15) is 34.4 Å². The Morgan fingerprint density at radius 1 is 1.08 bits per heavy atom. The second-order valence-corrected chi connectivity index (χ2v) is 7.87. The molecular formula is C27H21ClN4O6. The molecule has 2 aromatic heterocycles. The first kappa shape index (κ1) is 27.4. The number of amides is 1. The number of carboxylic acid groups (broad SMARTS) is 1. The molecule has 0 aliphatic carbocycles. The predicted octanol–water partition coefficient (Wildman–Crippen LogP) is 4.79. The number of halogens is 1. The molecule has 11 heteroatoms. The average Bonchev–Trinajstić information content (AvgIpc) is 2.90. The van der Waals surface area contributed by atoms with Gasteiger partial charge < -0.3 is 19.9 Å². The minimum absolute atomic E-state index is 0.0559. The van der Waals surface area contributed by atoms with Crippen LogP contribution in [0.5, 0.6) is 17.4 Å². The Morgan fingerprint density at radius 2 is 1.71 bits per heavy atom. The van der Waals surface area contributed by atoms with Gasteiger partial charge in [-0.05, 0) is 54.6 Å². The Kier molecular flexibility index (Phi) is 9.18. The zero-order valence-corrected chi connectivity index (χ0v) is 21.0. The van der Waals surface area contributed by atoms with Gasteiger partial charge in [-0.2, -0.15) is 10.2 Å². The summed E-state index contributed by atoms with van der Waals surface area (Å²) < 4.78 is 12.3. The van der Waals surface area contributed by atoms with Crippen LogP contribution < -0.4 is 20.3 Å². The number of carbonyl (C=O) groups excluding carboxylic acids is 1. The van der Waals surface area contributed by atoms with Gasteiger partial charge in [-0.3, -0.25) is 18.8 Å². The molecule has 10 nitrogen and oxygen atoms in total. The van der Waals surface area contributed by atoms with Crippen molar-refractivity contribution in [2.45, 2.75) is 6.92 Å². The monoisotopic (exact) mass is 532 g/mol. The SMILES string of the molecule is CC(=O)O.COc1ccc(Oc2nc3ccccn3c(=O)c2C=C(C#N)C(=O)Nc2ccccc2Cl)cc1. The number of fused-ring (bicyclic) bond motifs is 1. The van der Waals surface area contributed by atoms with Gasteiger partial charge in [-0.25, -0.2) is 0 Å². The molecule has 0 saturated heterocycles. The highest BCUT2D eigenvalue weighted by Crippen LogP contribution is 2.26. The van der Waals surface area contributed by atoms with Crippen molar-refractivity contribution in [3.05, 3.63) is 99.4 Å². The smallest absolute Gasteiger partial charge is 0.300 e. The zero-order chi connectivity index (χ0) is 27.7. The van der Waals surface area contributed by atoms with Crippen molar-refractivity contribution in [1.29, 1.82) is 5.26 Å². The second kappa shape index (κ2) is 12.7. The van der Waals surface area contributed by atoms with Crippen LogP contribution in [0.2, 0.25) is 5.02 Å². The Balaban J connectivity index is 0.000000934. The molecule has 0 unspecified atom stereocenters. The first-order valence-corrected chi connectivity index (χ1v) is 11.3. The molecule has 4 aromatic rings. The van der Waals surface area contributed by atoms with Crippen LogP contribution in [0.15, 0.2) is 83.3 Å². The minimum Gasteiger partial charge on any atom is -0.497 e. The Hall–Kier alpha value is -5.14. The number of nitrogens with zero attached hydrogens (tertiary/aromatic N) is 3. The highest BCUT2D eigenvalue weighted by atomic mass is 35.5. The number of para-hydroxylation sites is 1. The van der Waals surface area contributed by atoms with Crippen LogP contribution in [0, 0.1) is 11.3 Å². The van der Waals surface area contributed by atoms with Gasteiger partial charge >= 0.3 is 0 Å². The highest BCUT2D eigenvalue weighted by Gasteiger charge is 2.18. The molecule has 2 N–H and O–H groups in total. The van der Waals surface area contributed by atoms with E-state index in [-0.39, 0.29) is 17.0 Å². The number of carbonyl (C=O) groups is 2. The summed E-state index contributed by atoms with van der Waals surface area (Å²) in [4.78, 5) is 39.4. The van der Waals surface area contributed by atoms with Crippen molar-refractivity contribution in [3.63, 3.8) is 0 Å². The van der Waals surface area contributed by atoms with Gasteiger partial charge in [0.25, 0.3) is 17.4 Å².